The monoisotopic (exact) mass is 290 g/mol. The molecule has 0 saturated heterocycles. The SMILES string of the molecule is COC(=O)C(Cc1cc(Cl)ccc1Cl)C(=O)OC. The lowest BCUT2D eigenvalue weighted by Gasteiger charge is -2.13. The number of ether oxygens (including phenoxy) is 2. The Morgan fingerprint density at radius 2 is 1.72 bits per heavy atom. The average Bonchev–Trinajstić information content (AvgIpc) is 2.38. The van der Waals surface area contributed by atoms with Crippen LogP contribution in [-0.2, 0) is 25.5 Å². The Balaban J connectivity index is 2.99. The number of esters is 2. The summed E-state index contributed by atoms with van der Waals surface area (Å²) in [6.45, 7) is 0. The molecule has 0 aliphatic rings. The van der Waals surface area contributed by atoms with Gasteiger partial charge in [-0.25, -0.2) is 0 Å². The van der Waals surface area contributed by atoms with E-state index < -0.39 is 17.9 Å². The van der Waals surface area contributed by atoms with E-state index in [1.165, 1.54) is 14.2 Å². The van der Waals surface area contributed by atoms with Crippen molar-refractivity contribution in [3.8, 4) is 0 Å². The number of carbonyl (C=O) groups is 2. The van der Waals surface area contributed by atoms with Crippen LogP contribution in [0, 0.1) is 5.92 Å². The van der Waals surface area contributed by atoms with Crippen LogP contribution in [0.4, 0.5) is 0 Å². The molecular formula is C12H12Cl2O4. The van der Waals surface area contributed by atoms with Gasteiger partial charge in [0.15, 0.2) is 5.92 Å². The van der Waals surface area contributed by atoms with E-state index in [-0.39, 0.29) is 6.42 Å². The molecule has 0 saturated carbocycles. The van der Waals surface area contributed by atoms with Gasteiger partial charge in [-0.3, -0.25) is 9.59 Å². The van der Waals surface area contributed by atoms with Crippen LogP contribution in [0.5, 0.6) is 0 Å². The minimum atomic E-state index is -1.05. The number of carbonyl (C=O) groups excluding carboxylic acids is 2. The Morgan fingerprint density at radius 1 is 1.17 bits per heavy atom. The van der Waals surface area contributed by atoms with Crippen LogP contribution >= 0.6 is 23.2 Å². The van der Waals surface area contributed by atoms with Crippen molar-refractivity contribution in [3.05, 3.63) is 33.8 Å². The largest absolute Gasteiger partial charge is 0.468 e. The fourth-order valence-electron chi connectivity index (χ4n) is 1.47. The predicted molar refractivity (Wildman–Crippen MR) is 67.7 cm³/mol. The third-order valence-corrected chi connectivity index (χ3v) is 3.01. The Hall–Kier alpha value is -1.26. The number of methoxy groups -OCH3 is 2. The van der Waals surface area contributed by atoms with Crippen LogP contribution in [0.3, 0.4) is 0 Å². The van der Waals surface area contributed by atoms with Gasteiger partial charge in [0.05, 0.1) is 14.2 Å². The van der Waals surface area contributed by atoms with Gasteiger partial charge in [0.25, 0.3) is 0 Å². The van der Waals surface area contributed by atoms with E-state index in [1.807, 2.05) is 0 Å². The minimum absolute atomic E-state index is 0.0821. The normalized spacial score (nSPS) is 10.3. The molecule has 1 rings (SSSR count). The number of benzene rings is 1. The van der Waals surface area contributed by atoms with Gasteiger partial charge >= 0.3 is 11.9 Å². The molecule has 4 nitrogen and oxygen atoms in total. The topological polar surface area (TPSA) is 52.6 Å². The van der Waals surface area contributed by atoms with Crippen molar-refractivity contribution in [2.45, 2.75) is 6.42 Å². The summed E-state index contributed by atoms with van der Waals surface area (Å²) in [4.78, 5) is 23.0. The molecule has 98 valence electrons. The van der Waals surface area contributed by atoms with E-state index in [2.05, 4.69) is 9.47 Å². The molecule has 0 aliphatic heterocycles. The zero-order chi connectivity index (χ0) is 13.7. The summed E-state index contributed by atoms with van der Waals surface area (Å²) < 4.78 is 9.12. The molecule has 18 heavy (non-hydrogen) atoms. The second-order valence-corrected chi connectivity index (χ2v) is 4.38. The average molecular weight is 291 g/mol. The standard InChI is InChI=1S/C12H12Cl2O4/c1-17-11(15)9(12(16)18-2)6-7-5-8(13)3-4-10(7)14/h3-5,9H,6H2,1-2H3. The molecule has 0 unspecified atom stereocenters. The van der Waals surface area contributed by atoms with Crippen LogP contribution in [0.2, 0.25) is 10.0 Å². The number of halogens is 2. The number of rotatable bonds is 4. The summed E-state index contributed by atoms with van der Waals surface area (Å²) in [5, 5.41) is 0.903. The molecule has 0 N–H and O–H groups in total. The van der Waals surface area contributed by atoms with Gasteiger partial charge < -0.3 is 9.47 Å². The first kappa shape index (κ1) is 14.8. The van der Waals surface area contributed by atoms with Crippen LogP contribution in [0.15, 0.2) is 18.2 Å². The van der Waals surface area contributed by atoms with E-state index in [1.54, 1.807) is 18.2 Å². The molecule has 1 aromatic carbocycles. The van der Waals surface area contributed by atoms with E-state index in [4.69, 9.17) is 23.2 Å². The summed E-state index contributed by atoms with van der Waals surface area (Å²) in [6.07, 6.45) is 0.0821. The molecule has 6 heteroatoms. The van der Waals surface area contributed by atoms with Crippen molar-refractivity contribution in [2.24, 2.45) is 5.92 Å². The molecule has 0 heterocycles. The van der Waals surface area contributed by atoms with E-state index in [9.17, 15) is 9.59 Å². The van der Waals surface area contributed by atoms with Crippen molar-refractivity contribution in [1.82, 2.24) is 0 Å². The highest BCUT2D eigenvalue weighted by Gasteiger charge is 2.29. The Morgan fingerprint density at radius 3 is 2.22 bits per heavy atom. The van der Waals surface area contributed by atoms with E-state index >= 15 is 0 Å². The minimum Gasteiger partial charge on any atom is -0.468 e. The van der Waals surface area contributed by atoms with Gasteiger partial charge in [0, 0.05) is 10.0 Å². The van der Waals surface area contributed by atoms with Crippen molar-refractivity contribution in [2.75, 3.05) is 14.2 Å². The maximum absolute atomic E-state index is 11.5. The second kappa shape index (κ2) is 6.61. The predicted octanol–water partition coefficient (Wildman–Crippen LogP) is 2.50. The van der Waals surface area contributed by atoms with Gasteiger partial charge in [0.1, 0.15) is 0 Å². The quantitative estimate of drug-likeness (QED) is 0.632. The first-order chi connectivity index (χ1) is 8.49. The maximum Gasteiger partial charge on any atom is 0.320 e. The highest BCUT2D eigenvalue weighted by Crippen LogP contribution is 2.24. The van der Waals surface area contributed by atoms with Crippen LogP contribution in [-0.4, -0.2) is 26.2 Å². The molecule has 0 atom stereocenters. The highest BCUT2D eigenvalue weighted by molar-refractivity contribution is 6.33. The van der Waals surface area contributed by atoms with Crippen LogP contribution in [0.25, 0.3) is 0 Å². The summed E-state index contributed by atoms with van der Waals surface area (Å²) in [6, 6.07) is 4.83. The lowest BCUT2D eigenvalue weighted by molar-refractivity contribution is -0.158. The van der Waals surface area contributed by atoms with Crippen molar-refractivity contribution < 1.29 is 19.1 Å². The summed E-state index contributed by atoms with van der Waals surface area (Å²) in [5.41, 5.74) is 0.588. The molecule has 0 spiro atoms. The fraction of sp³-hybridized carbons (Fsp3) is 0.333. The Bertz CT molecular complexity index is 443. The molecule has 0 aliphatic carbocycles. The van der Waals surface area contributed by atoms with Gasteiger partial charge in [0.2, 0.25) is 0 Å². The van der Waals surface area contributed by atoms with Crippen molar-refractivity contribution in [1.29, 1.82) is 0 Å². The van der Waals surface area contributed by atoms with Crippen molar-refractivity contribution in [3.63, 3.8) is 0 Å². The smallest absolute Gasteiger partial charge is 0.320 e. The zero-order valence-electron chi connectivity index (χ0n) is 9.91. The number of hydrogen-bond donors (Lipinski definition) is 0. The third-order valence-electron chi connectivity index (χ3n) is 2.40. The Labute approximate surface area is 115 Å². The molecule has 0 radical (unpaired) electrons. The number of hydrogen-bond acceptors (Lipinski definition) is 4. The summed E-state index contributed by atoms with van der Waals surface area (Å²) in [7, 11) is 2.41. The van der Waals surface area contributed by atoms with Crippen LogP contribution < -0.4 is 0 Å². The lowest BCUT2D eigenvalue weighted by atomic mass is 9.99. The highest BCUT2D eigenvalue weighted by atomic mass is 35.5. The molecule has 0 aromatic heterocycles. The van der Waals surface area contributed by atoms with E-state index in [0.29, 0.717) is 15.6 Å². The van der Waals surface area contributed by atoms with Crippen molar-refractivity contribution >= 4 is 35.1 Å². The fourth-order valence-corrected chi connectivity index (χ4v) is 1.86. The van der Waals surface area contributed by atoms with Gasteiger partial charge in [-0.05, 0) is 30.2 Å². The van der Waals surface area contributed by atoms with Gasteiger partial charge in [-0.1, -0.05) is 23.2 Å². The lowest BCUT2D eigenvalue weighted by Crippen LogP contribution is -2.28. The maximum atomic E-state index is 11.5. The third kappa shape index (κ3) is 3.62. The van der Waals surface area contributed by atoms with Gasteiger partial charge in [-0.2, -0.15) is 0 Å². The first-order valence-corrected chi connectivity index (χ1v) is 5.84. The second-order valence-electron chi connectivity index (χ2n) is 3.54. The molecular weight excluding hydrogens is 279 g/mol. The molecule has 0 bridgehead atoms. The molecule has 0 amide bonds. The summed E-state index contributed by atoms with van der Waals surface area (Å²) in [5.74, 6) is -2.38. The molecule has 0 fully saturated rings. The van der Waals surface area contributed by atoms with E-state index in [0.717, 1.165) is 0 Å². The van der Waals surface area contributed by atoms with Crippen LogP contribution in [0.1, 0.15) is 5.56 Å². The first-order valence-electron chi connectivity index (χ1n) is 5.09. The summed E-state index contributed by atoms with van der Waals surface area (Å²) >= 11 is 11.8. The molecule has 1 aromatic rings. The Kier molecular flexibility index (Phi) is 5.44. The zero-order valence-corrected chi connectivity index (χ0v) is 11.4. The van der Waals surface area contributed by atoms with Gasteiger partial charge in [-0.15, -0.1) is 0 Å².